The Morgan fingerprint density at radius 1 is 1.00 bits per heavy atom. The summed E-state index contributed by atoms with van der Waals surface area (Å²) in [7, 11) is 0. The molecule has 1 fully saturated rings. The van der Waals surface area contributed by atoms with Gasteiger partial charge in [-0.25, -0.2) is 0 Å². The number of nitrogens with zero attached hydrogens (tertiary/aromatic N) is 2. The summed E-state index contributed by atoms with van der Waals surface area (Å²) in [6.45, 7) is 5.76. The Balaban J connectivity index is 1.62. The van der Waals surface area contributed by atoms with Gasteiger partial charge >= 0.3 is 0 Å². The second-order valence-electron chi connectivity index (χ2n) is 7.81. The molecule has 2 aromatic carbocycles. The molecule has 2 aliphatic heterocycles. The molecule has 2 aromatic rings. The minimum atomic E-state index is -0.0645. The van der Waals surface area contributed by atoms with E-state index in [0.717, 1.165) is 24.3 Å². The van der Waals surface area contributed by atoms with Crippen LogP contribution < -0.4 is 15.1 Å². The minimum Gasteiger partial charge on any atom is -0.372 e. The number of benzene rings is 2. The highest BCUT2D eigenvalue weighted by molar-refractivity contribution is 6.07. The summed E-state index contributed by atoms with van der Waals surface area (Å²) in [5, 5.41) is 3.02. The molecule has 28 heavy (non-hydrogen) atoms. The molecule has 2 amide bonds. The fourth-order valence-electron chi connectivity index (χ4n) is 4.43. The van der Waals surface area contributed by atoms with Gasteiger partial charge in [0.1, 0.15) is 0 Å². The lowest BCUT2D eigenvalue weighted by Gasteiger charge is -2.39. The molecule has 2 unspecified atom stereocenters. The maximum absolute atomic E-state index is 13.4. The van der Waals surface area contributed by atoms with Crippen molar-refractivity contribution in [2.45, 2.75) is 45.2 Å². The monoisotopic (exact) mass is 377 g/mol. The number of hydrogen-bond acceptors (Lipinski definition) is 3. The third-order valence-corrected chi connectivity index (χ3v) is 5.77. The molecule has 4 rings (SSSR count). The SMILES string of the molecule is CC(=O)NC1CC(C)N(C(=O)c2ccc(N3CCCC3)cc2)c2ccccc21. The zero-order valence-electron chi connectivity index (χ0n) is 16.5. The van der Waals surface area contributed by atoms with Gasteiger partial charge in [0.25, 0.3) is 5.91 Å². The van der Waals surface area contributed by atoms with Gasteiger partial charge in [0.15, 0.2) is 0 Å². The first-order valence-corrected chi connectivity index (χ1v) is 10.1. The maximum atomic E-state index is 13.4. The molecule has 0 radical (unpaired) electrons. The number of nitrogens with one attached hydrogen (secondary N) is 1. The normalized spacial score (nSPS) is 21.4. The number of hydrogen-bond donors (Lipinski definition) is 1. The molecule has 5 nitrogen and oxygen atoms in total. The van der Waals surface area contributed by atoms with Gasteiger partial charge in [-0.2, -0.15) is 0 Å². The van der Waals surface area contributed by atoms with E-state index in [9.17, 15) is 9.59 Å². The minimum absolute atomic E-state index is 0.00231. The van der Waals surface area contributed by atoms with Gasteiger partial charge in [-0.05, 0) is 62.1 Å². The Bertz CT molecular complexity index is 872. The lowest BCUT2D eigenvalue weighted by atomic mass is 9.91. The van der Waals surface area contributed by atoms with E-state index in [0.29, 0.717) is 12.0 Å². The number of anilines is 2. The fraction of sp³-hybridized carbons (Fsp3) is 0.391. The van der Waals surface area contributed by atoms with E-state index in [4.69, 9.17) is 0 Å². The predicted molar refractivity (Wildman–Crippen MR) is 112 cm³/mol. The number of rotatable bonds is 3. The average Bonchev–Trinajstić information content (AvgIpc) is 3.22. The quantitative estimate of drug-likeness (QED) is 0.883. The van der Waals surface area contributed by atoms with Crippen LogP contribution >= 0.6 is 0 Å². The number of carbonyl (C=O) groups is 2. The third kappa shape index (κ3) is 3.49. The number of fused-ring (bicyclic) bond motifs is 1. The van der Waals surface area contributed by atoms with E-state index < -0.39 is 0 Å². The van der Waals surface area contributed by atoms with Gasteiger partial charge in [-0.3, -0.25) is 9.59 Å². The van der Waals surface area contributed by atoms with Crippen molar-refractivity contribution in [1.29, 1.82) is 0 Å². The van der Waals surface area contributed by atoms with Crippen LogP contribution in [0.5, 0.6) is 0 Å². The summed E-state index contributed by atoms with van der Waals surface area (Å²) < 4.78 is 0. The Kier molecular flexibility index (Phi) is 5.07. The van der Waals surface area contributed by atoms with Crippen LogP contribution in [-0.4, -0.2) is 30.9 Å². The van der Waals surface area contributed by atoms with Gasteiger partial charge < -0.3 is 15.1 Å². The van der Waals surface area contributed by atoms with Crippen molar-refractivity contribution in [3.8, 4) is 0 Å². The number of amides is 2. The van der Waals surface area contributed by atoms with Crippen molar-refractivity contribution in [1.82, 2.24) is 5.32 Å². The van der Waals surface area contributed by atoms with Crippen LogP contribution in [0.3, 0.4) is 0 Å². The molecule has 2 atom stereocenters. The summed E-state index contributed by atoms with van der Waals surface area (Å²) in [6, 6.07) is 15.8. The molecule has 2 aliphatic rings. The van der Waals surface area contributed by atoms with Gasteiger partial charge in [0, 0.05) is 43.0 Å². The molecule has 1 N–H and O–H groups in total. The summed E-state index contributed by atoms with van der Waals surface area (Å²) in [6.07, 6.45) is 3.17. The topological polar surface area (TPSA) is 52.7 Å². The lowest BCUT2D eigenvalue weighted by molar-refractivity contribution is -0.119. The smallest absolute Gasteiger partial charge is 0.258 e. The van der Waals surface area contributed by atoms with Crippen LogP contribution in [0.4, 0.5) is 11.4 Å². The average molecular weight is 377 g/mol. The van der Waals surface area contributed by atoms with Crippen LogP contribution in [0.2, 0.25) is 0 Å². The summed E-state index contributed by atoms with van der Waals surface area (Å²) in [5.41, 5.74) is 3.76. The second kappa shape index (κ2) is 7.66. The highest BCUT2D eigenvalue weighted by Gasteiger charge is 2.34. The lowest BCUT2D eigenvalue weighted by Crippen LogP contribution is -2.46. The highest BCUT2D eigenvalue weighted by Crippen LogP contribution is 2.38. The fourth-order valence-corrected chi connectivity index (χ4v) is 4.43. The van der Waals surface area contributed by atoms with Crippen LogP contribution in [0.15, 0.2) is 48.5 Å². The first-order valence-electron chi connectivity index (χ1n) is 10.1. The van der Waals surface area contributed by atoms with Gasteiger partial charge in [0.2, 0.25) is 5.91 Å². The molecule has 2 heterocycles. The molecule has 5 heteroatoms. The molecule has 0 aromatic heterocycles. The Labute approximate surface area is 166 Å². The third-order valence-electron chi connectivity index (χ3n) is 5.77. The zero-order valence-corrected chi connectivity index (χ0v) is 16.5. The van der Waals surface area contributed by atoms with Crippen LogP contribution in [0.25, 0.3) is 0 Å². The van der Waals surface area contributed by atoms with E-state index in [1.165, 1.54) is 25.5 Å². The van der Waals surface area contributed by atoms with E-state index in [2.05, 4.69) is 22.3 Å². The Morgan fingerprint density at radius 3 is 2.36 bits per heavy atom. The predicted octanol–water partition coefficient (Wildman–Crippen LogP) is 3.90. The van der Waals surface area contributed by atoms with E-state index >= 15 is 0 Å². The van der Waals surface area contributed by atoms with Crippen LogP contribution in [0.1, 0.15) is 55.1 Å². The Hall–Kier alpha value is -2.82. The van der Waals surface area contributed by atoms with Crippen LogP contribution in [0, 0.1) is 0 Å². The number of para-hydroxylation sites is 1. The molecule has 0 aliphatic carbocycles. The van der Waals surface area contributed by atoms with Crippen molar-refractivity contribution >= 4 is 23.2 Å². The first kappa shape index (κ1) is 18.5. The van der Waals surface area contributed by atoms with E-state index in [-0.39, 0.29) is 23.9 Å². The largest absolute Gasteiger partial charge is 0.372 e. The molecule has 1 saturated heterocycles. The summed E-state index contributed by atoms with van der Waals surface area (Å²) in [4.78, 5) is 29.2. The molecular weight excluding hydrogens is 350 g/mol. The Morgan fingerprint density at radius 2 is 1.68 bits per heavy atom. The van der Waals surface area contributed by atoms with Gasteiger partial charge in [0.05, 0.1) is 6.04 Å². The van der Waals surface area contributed by atoms with Crippen molar-refractivity contribution < 1.29 is 9.59 Å². The highest BCUT2D eigenvalue weighted by atomic mass is 16.2. The molecule has 146 valence electrons. The van der Waals surface area contributed by atoms with Gasteiger partial charge in [-0.1, -0.05) is 18.2 Å². The van der Waals surface area contributed by atoms with E-state index in [1.54, 1.807) is 0 Å². The zero-order chi connectivity index (χ0) is 19.7. The van der Waals surface area contributed by atoms with Gasteiger partial charge in [-0.15, -0.1) is 0 Å². The van der Waals surface area contributed by atoms with Crippen molar-refractivity contribution in [2.24, 2.45) is 0 Å². The van der Waals surface area contributed by atoms with Crippen LogP contribution in [-0.2, 0) is 4.79 Å². The summed E-state index contributed by atoms with van der Waals surface area (Å²) in [5.74, 6) is -0.0431. The van der Waals surface area contributed by atoms with Crippen molar-refractivity contribution in [3.05, 3.63) is 59.7 Å². The molecule has 0 spiro atoms. The van der Waals surface area contributed by atoms with E-state index in [1.807, 2.05) is 48.2 Å². The standard InChI is InChI=1S/C23H27N3O2/c1-16-15-21(24-17(2)27)20-7-3-4-8-22(20)26(16)23(28)18-9-11-19(12-10-18)25-13-5-6-14-25/h3-4,7-12,16,21H,5-6,13-15H2,1-2H3,(H,24,27). The van der Waals surface area contributed by atoms with Crippen molar-refractivity contribution in [2.75, 3.05) is 22.9 Å². The molecule has 0 saturated carbocycles. The maximum Gasteiger partial charge on any atom is 0.258 e. The molecular formula is C23H27N3O2. The number of carbonyl (C=O) groups excluding carboxylic acids is 2. The second-order valence-corrected chi connectivity index (χ2v) is 7.81. The summed E-state index contributed by atoms with van der Waals surface area (Å²) >= 11 is 0. The molecule has 0 bridgehead atoms. The first-order chi connectivity index (χ1) is 13.5. The van der Waals surface area contributed by atoms with Crippen molar-refractivity contribution in [3.63, 3.8) is 0 Å².